The average molecular weight is 309 g/mol. The molecule has 0 bridgehead atoms. The summed E-state index contributed by atoms with van der Waals surface area (Å²) < 4.78 is 0. The second-order valence-corrected chi connectivity index (χ2v) is 6.34. The molecule has 2 N–H and O–H groups in total. The van der Waals surface area contributed by atoms with Gasteiger partial charge in [0.15, 0.2) is 5.13 Å². The SMILES string of the molecule is CC(C)[C@H](NC(=O)c1cccs1)C(=O)Nc1nccs1. The number of nitrogens with one attached hydrogen (secondary N) is 2. The Kier molecular flexibility index (Phi) is 4.86. The first kappa shape index (κ1) is 14.7. The Bertz CT molecular complexity index is 564. The molecule has 20 heavy (non-hydrogen) atoms. The van der Waals surface area contributed by atoms with Gasteiger partial charge in [-0.15, -0.1) is 22.7 Å². The van der Waals surface area contributed by atoms with Gasteiger partial charge < -0.3 is 10.6 Å². The van der Waals surface area contributed by atoms with Crippen LogP contribution in [0.4, 0.5) is 5.13 Å². The topological polar surface area (TPSA) is 71.1 Å². The number of carbonyl (C=O) groups is 2. The molecule has 0 aliphatic carbocycles. The highest BCUT2D eigenvalue weighted by Gasteiger charge is 2.25. The van der Waals surface area contributed by atoms with E-state index in [4.69, 9.17) is 0 Å². The zero-order valence-corrected chi connectivity index (χ0v) is 12.8. The lowest BCUT2D eigenvalue weighted by atomic mass is 10.0. The van der Waals surface area contributed by atoms with E-state index in [1.807, 2.05) is 19.2 Å². The van der Waals surface area contributed by atoms with Crippen molar-refractivity contribution in [2.24, 2.45) is 5.92 Å². The normalized spacial score (nSPS) is 12.2. The number of aromatic nitrogens is 1. The van der Waals surface area contributed by atoms with Gasteiger partial charge in [0.2, 0.25) is 5.91 Å². The average Bonchev–Trinajstić information content (AvgIpc) is 3.07. The minimum absolute atomic E-state index is 0.0149. The highest BCUT2D eigenvalue weighted by atomic mass is 32.1. The van der Waals surface area contributed by atoms with Crippen LogP contribution < -0.4 is 10.6 Å². The minimum Gasteiger partial charge on any atom is -0.339 e. The van der Waals surface area contributed by atoms with Crippen molar-refractivity contribution < 1.29 is 9.59 Å². The Morgan fingerprint density at radius 2 is 2.05 bits per heavy atom. The van der Waals surface area contributed by atoms with Crippen molar-refractivity contribution in [1.82, 2.24) is 10.3 Å². The van der Waals surface area contributed by atoms with Crippen LogP contribution in [0, 0.1) is 5.92 Å². The lowest BCUT2D eigenvalue weighted by Crippen LogP contribution is -2.46. The van der Waals surface area contributed by atoms with E-state index >= 15 is 0 Å². The zero-order valence-electron chi connectivity index (χ0n) is 11.1. The third kappa shape index (κ3) is 3.64. The van der Waals surface area contributed by atoms with Gasteiger partial charge in [0.05, 0.1) is 4.88 Å². The molecule has 0 saturated heterocycles. The molecule has 0 aromatic carbocycles. The lowest BCUT2D eigenvalue weighted by molar-refractivity contribution is -0.118. The summed E-state index contributed by atoms with van der Waals surface area (Å²) in [6, 6.07) is 2.95. The van der Waals surface area contributed by atoms with Gasteiger partial charge in [0, 0.05) is 11.6 Å². The fraction of sp³-hybridized carbons (Fsp3) is 0.308. The van der Waals surface area contributed by atoms with Crippen LogP contribution in [-0.4, -0.2) is 22.8 Å². The third-order valence-electron chi connectivity index (χ3n) is 2.64. The molecule has 106 valence electrons. The van der Waals surface area contributed by atoms with Crippen molar-refractivity contribution in [3.63, 3.8) is 0 Å². The Morgan fingerprint density at radius 1 is 1.25 bits per heavy atom. The van der Waals surface area contributed by atoms with Crippen LogP contribution in [0.1, 0.15) is 23.5 Å². The molecule has 2 heterocycles. The summed E-state index contributed by atoms with van der Waals surface area (Å²) >= 11 is 2.69. The molecule has 0 saturated carbocycles. The Morgan fingerprint density at radius 3 is 2.60 bits per heavy atom. The minimum atomic E-state index is -0.589. The van der Waals surface area contributed by atoms with Gasteiger partial charge in [0.25, 0.3) is 5.91 Å². The van der Waals surface area contributed by atoms with E-state index < -0.39 is 6.04 Å². The lowest BCUT2D eigenvalue weighted by Gasteiger charge is -2.20. The number of nitrogens with zero attached hydrogens (tertiary/aromatic N) is 1. The Labute approximate surface area is 125 Å². The van der Waals surface area contributed by atoms with Crippen LogP contribution in [0.5, 0.6) is 0 Å². The number of thiazole rings is 1. The highest BCUT2D eigenvalue weighted by Crippen LogP contribution is 2.14. The van der Waals surface area contributed by atoms with Crippen LogP contribution in [-0.2, 0) is 4.79 Å². The maximum absolute atomic E-state index is 12.2. The molecule has 2 aromatic heterocycles. The van der Waals surface area contributed by atoms with Crippen molar-refractivity contribution in [3.05, 3.63) is 34.0 Å². The summed E-state index contributed by atoms with van der Waals surface area (Å²) in [4.78, 5) is 28.8. The van der Waals surface area contributed by atoms with E-state index in [1.54, 1.807) is 23.7 Å². The molecule has 0 aliphatic rings. The van der Waals surface area contributed by atoms with Crippen molar-refractivity contribution in [2.45, 2.75) is 19.9 Å². The van der Waals surface area contributed by atoms with Crippen molar-refractivity contribution in [2.75, 3.05) is 5.32 Å². The molecule has 7 heteroatoms. The summed E-state index contributed by atoms with van der Waals surface area (Å²) in [6.07, 6.45) is 1.62. The first-order valence-corrected chi connectivity index (χ1v) is 7.88. The quantitative estimate of drug-likeness (QED) is 0.892. The first-order valence-electron chi connectivity index (χ1n) is 6.12. The number of hydrogen-bond acceptors (Lipinski definition) is 5. The van der Waals surface area contributed by atoms with Crippen molar-refractivity contribution in [3.8, 4) is 0 Å². The van der Waals surface area contributed by atoms with E-state index in [0.29, 0.717) is 10.0 Å². The van der Waals surface area contributed by atoms with Crippen LogP contribution in [0.2, 0.25) is 0 Å². The summed E-state index contributed by atoms with van der Waals surface area (Å²) in [5.41, 5.74) is 0. The Balaban J connectivity index is 2.03. The Hall–Kier alpha value is -1.73. The molecule has 1 atom stereocenters. The molecule has 0 unspecified atom stereocenters. The fourth-order valence-corrected chi connectivity index (χ4v) is 2.78. The zero-order chi connectivity index (χ0) is 14.5. The summed E-state index contributed by atoms with van der Waals surface area (Å²) in [5.74, 6) is -0.494. The molecule has 0 radical (unpaired) electrons. The number of amides is 2. The van der Waals surface area contributed by atoms with Gasteiger partial charge in [-0.05, 0) is 17.4 Å². The largest absolute Gasteiger partial charge is 0.339 e. The van der Waals surface area contributed by atoms with Crippen LogP contribution in [0.3, 0.4) is 0 Å². The predicted octanol–water partition coefficient (Wildman–Crippen LogP) is 2.60. The second kappa shape index (κ2) is 6.62. The van der Waals surface area contributed by atoms with Crippen molar-refractivity contribution >= 4 is 39.6 Å². The molecule has 0 aliphatic heterocycles. The van der Waals surface area contributed by atoms with Crippen LogP contribution in [0.15, 0.2) is 29.1 Å². The molecule has 2 aromatic rings. The summed E-state index contributed by atoms with van der Waals surface area (Å²) in [6.45, 7) is 3.78. The van der Waals surface area contributed by atoms with E-state index in [-0.39, 0.29) is 17.7 Å². The molecule has 0 fully saturated rings. The number of thiophene rings is 1. The second-order valence-electron chi connectivity index (χ2n) is 4.50. The molecule has 2 rings (SSSR count). The standard InChI is InChI=1S/C13H15N3O2S2/c1-8(2)10(12(18)16-13-14-5-7-20-13)15-11(17)9-4-3-6-19-9/h3-8,10H,1-2H3,(H,15,17)(H,14,16,18)/t10-/m0/s1. The van der Waals surface area contributed by atoms with Gasteiger partial charge in [0.1, 0.15) is 6.04 Å². The third-order valence-corrected chi connectivity index (χ3v) is 4.20. The van der Waals surface area contributed by atoms with Crippen LogP contribution in [0.25, 0.3) is 0 Å². The molecule has 0 spiro atoms. The number of hydrogen-bond donors (Lipinski definition) is 2. The van der Waals surface area contributed by atoms with Gasteiger partial charge in [-0.2, -0.15) is 0 Å². The monoisotopic (exact) mass is 309 g/mol. The maximum Gasteiger partial charge on any atom is 0.262 e. The molecular formula is C13H15N3O2S2. The van der Waals surface area contributed by atoms with E-state index in [2.05, 4.69) is 15.6 Å². The summed E-state index contributed by atoms with van der Waals surface area (Å²) in [7, 11) is 0. The van der Waals surface area contributed by atoms with Gasteiger partial charge in [-0.25, -0.2) is 4.98 Å². The van der Waals surface area contributed by atoms with Gasteiger partial charge in [-0.3, -0.25) is 9.59 Å². The highest BCUT2D eigenvalue weighted by molar-refractivity contribution is 7.13. The molecule has 2 amide bonds. The van der Waals surface area contributed by atoms with Crippen LogP contribution >= 0.6 is 22.7 Å². The maximum atomic E-state index is 12.2. The van der Waals surface area contributed by atoms with E-state index in [1.165, 1.54) is 22.7 Å². The number of anilines is 1. The summed E-state index contributed by atoms with van der Waals surface area (Å²) in [5, 5.41) is 9.62. The smallest absolute Gasteiger partial charge is 0.262 e. The number of rotatable bonds is 5. The van der Waals surface area contributed by atoms with E-state index in [9.17, 15) is 9.59 Å². The first-order chi connectivity index (χ1) is 9.58. The van der Waals surface area contributed by atoms with Gasteiger partial charge in [-0.1, -0.05) is 19.9 Å². The number of carbonyl (C=O) groups excluding carboxylic acids is 2. The molecule has 5 nitrogen and oxygen atoms in total. The fourth-order valence-electron chi connectivity index (χ4n) is 1.62. The predicted molar refractivity (Wildman–Crippen MR) is 81.2 cm³/mol. The molecular weight excluding hydrogens is 294 g/mol. The van der Waals surface area contributed by atoms with E-state index in [0.717, 1.165) is 0 Å². The van der Waals surface area contributed by atoms with Gasteiger partial charge >= 0.3 is 0 Å². The van der Waals surface area contributed by atoms with Crippen molar-refractivity contribution in [1.29, 1.82) is 0 Å².